The van der Waals surface area contributed by atoms with Crippen LogP contribution < -0.4 is 0 Å². The van der Waals surface area contributed by atoms with Gasteiger partial charge in [0.1, 0.15) is 0 Å². The molecule has 0 unspecified atom stereocenters. The Hall–Kier alpha value is -0.340. The van der Waals surface area contributed by atoms with Gasteiger partial charge in [-0.1, -0.05) is 32.9 Å². The maximum Gasteiger partial charge on any atom is 0.0594 e. The average Bonchev–Trinajstić information content (AvgIpc) is 2.33. The molecule has 0 amide bonds. The molecule has 0 spiro atoms. The molecule has 2 saturated carbocycles. The molecule has 5 atom stereocenters. The van der Waals surface area contributed by atoms with Crippen molar-refractivity contribution in [2.24, 2.45) is 22.7 Å². The number of aliphatic hydroxyl groups is 2. The van der Waals surface area contributed by atoms with E-state index in [4.69, 9.17) is 0 Å². The van der Waals surface area contributed by atoms with Crippen molar-refractivity contribution in [3.05, 3.63) is 12.2 Å². The monoisotopic (exact) mass is 280 g/mol. The van der Waals surface area contributed by atoms with Crippen LogP contribution in [0.2, 0.25) is 0 Å². The summed E-state index contributed by atoms with van der Waals surface area (Å²) in [5, 5.41) is 20.0. The van der Waals surface area contributed by atoms with Crippen LogP contribution in [0, 0.1) is 22.7 Å². The molecule has 2 rings (SSSR count). The molecule has 0 bridgehead atoms. The predicted molar refractivity (Wildman–Crippen MR) is 83.4 cm³/mol. The normalized spacial score (nSPS) is 42.1. The van der Waals surface area contributed by atoms with Crippen LogP contribution in [0.4, 0.5) is 0 Å². The van der Waals surface area contributed by atoms with Gasteiger partial charge in [-0.25, -0.2) is 0 Å². The van der Waals surface area contributed by atoms with Crippen LogP contribution in [0.3, 0.4) is 0 Å². The lowest BCUT2D eigenvalue weighted by molar-refractivity contribution is -0.125. The van der Waals surface area contributed by atoms with Crippen molar-refractivity contribution in [1.29, 1.82) is 0 Å². The Balaban J connectivity index is 2.26. The van der Waals surface area contributed by atoms with Gasteiger partial charge in [-0.05, 0) is 68.1 Å². The van der Waals surface area contributed by atoms with Crippen molar-refractivity contribution in [2.45, 2.75) is 78.4 Å². The summed E-state index contributed by atoms with van der Waals surface area (Å²) in [5.74, 6) is 1.06. The molecule has 0 aromatic heterocycles. The van der Waals surface area contributed by atoms with Crippen LogP contribution in [0.15, 0.2) is 12.2 Å². The van der Waals surface area contributed by atoms with Gasteiger partial charge < -0.3 is 10.2 Å². The molecule has 2 aliphatic rings. The lowest BCUT2D eigenvalue weighted by atomic mass is 9.46. The van der Waals surface area contributed by atoms with Gasteiger partial charge in [-0.15, -0.1) is 0 Å². The molecule has 0 aliphatic heterocycles. The van der Waals surface area contributed by atoms with E-state index in [1.54, 1.807) is 0 Å². The van der Waals surface area contributed by atoms with E-state index in [1.807, 2.05) is 6.92 Å². The molecule has 0 saturated heterocycles. The van der Waals surface area contributed by atoms with Crippen molar-refractivity contribution in [3.8, 4) is 0 Å². The summed E-state index contributed by atoms with van der Waals surface area (Å²) >= 11 is 0. The molecule has 0 aromatic rings. The molecule has 116 valence electrons. The first-order valence-corrected chi connectivity index (χ1v) is 8.23. The van der Waals surface area contributed by atoms with Gasteiger partial charge in [-0.3, -0.25) is 0 Å². The van der Waals surface area contributed by atoms with E-state index in [0.717, 1.165) is 38.5 Å². The predicted octanol–water partition coefficient (Wildman–Crippen LogP) is 3.92. The summed E-state index contributed by atoms with van der Waals surface area (Å²) in [6.07, 6.45) is 5.72. The van der Waals surface area contributed by atoms with Crippen molar-refractivity contribution in [2.75, 3.05) is 0 Å². The minimum atomic E-state index is -0.228. The van der Waals surface area contributed by atoms with E-state index in [2.05, 4.69) is 27.4 Å². The Morgan fingerprint density at radius 2 is 1.95 bits per heavy atom. The van der Waals surface area contributed by atoms with E-state index >= 15 is 0 Å². The van der Waals surface area contributed by atoms with Gasteiger partial charge in [0.05, 0.1) is 12.2 Å². The number of hydrogen-bond donors (Lipinski definition) is 2. The Bertz CT molecular complexity index is 372. The fourth-order valence-electron chi connectivity index (χ4n) is 5.11. The average molecular weight is 280 g/mol. The molecule has 2 fully saturated rings. The second-order valence-corrected chi connectivity index (χ2v) is 8.11. The fourth-order valence-corrected chi connectivity index (χ4v) is 5.11. The number of hydrogen-bond acceptors (Lipinski definition) is 2. The first-order chi connectivity index (χ1) is 9.19. The molecule has 0 radical (unpaired) electrons. The van der Waals surface area contributed by atoms with Gasteiger partial charge in [0.15, 0.2) is 0 Å². The molecule has 2 N–H and O–H groups in total. The molecular formula is C18H32O2. The quantitative estimate of drug-likeness (QED) is 0.769. The first-order valence-electron chi connectivity index (χ1n) is 8.23. The highest BCUT2D eigenvalue weighted by atomic mass is 16.3. The highest BCUT2D eigenvalue weighted by Crippen LogP contribution is 2.61. The Morgan fingerprint density at radius 3 is 2.55 bits per heavy atom. The number of rotatable bonds is 3. The lowest BCUT2D eigenvalue weighted by Crippen LogP contribution is -2.54. The summed E-state index contributed by atoms with van der Waals surface area (Å²) < 4.78 is 0. The van der Waals surface area contributed by atoms with E-state index in [0.29, 0.717) is 11.8 Å². The number of aliphatic hydroxyl groups excluding tert-OH is 2. The van der Waals surface area contributed by atoms with E-state index in [-0.39, 0.29) is 23.0 Å². The maximum absolute atomic E-state index is 10.4. The van der Waals surface area contributed by atoms with E-state index in [1.165, 1.54) is 5.57 Å². The third-order valence-electron chi connectivity index (χ3n) is 6.43. The zero-order valence-corrected chi connectivity index (χ0v) is 13.7. The molecule has 2 heteroatoms. The Morgan fingerprint density at radius 1 is 1.30 bits per heavy atom. The van der Waals surface area contributed by atoms with Crippen molar-refractivity contribution in [1.82, 2.24) is 0 Å². The third kappa shape index (κ3) is 2.57. The molecular weight excluding hydrogens is 248 g/mol. The fraction of sp³-hybridized carbons (Fsp3) is 0.889. The Labute approximate surface area is 124 Å². The summed E-state index contributed by atoms with van der Waals surface area (Å²) in [4.78, 5) is 0. The third-order valence-corrected chi connectivity index (χ3v) is 6.43. The van der Waals surface area contributed by atoms with Crippen molar-refractivity contribution < 1.29 is 10.2 Å². The largest absolute Gasteiger partial charge is 0.393 e. The standard InChI is InChI=1S/C18H32O2/c1-12-6-9-15-17(3,4)16(20)10-11-18(15,5)14(12)8-7-13(2)19/h13-16,19-20H,1,6-11H2,2-5H3/t13-,14-,15-,16-,18+/m1/s1. The van der Waals surface area contributed by atoms with Crippen LogP contribution in [0.25, 0.3) is 0 Å². The minimum Gasteiger partial charge on any atom is -0.393 e. The second-order valence-electron chi connectivity index (χ2n) is 8.11. The van der Waals surface area contributed by atoms with Gasteiger partial charge in [0.25, 0.3) is 0 Å². The van der Waals surface area contributed by atoms with Gasteiger partial charge in [0, 0.05) is 0 Å². The molecule has 0 aromatic carbocycles. The molecule has 0 heterocycles. The minimum absolute atomic E-state index is 0.00319. The summed E-state index contributed by atoms with van der Waals surface area (Å²) in [7, 11) is 0. The lowest BCUT2D eigenvalue weighted by Gasteiger charge is -2.59. The molecule has 2 nitrogen and oxygen atoms in total. The number of allylic oxidation sites excluding steroid dienone is 1. The van der Waals surface area contributed by atoms with Crippen molar-refractivity contribution >= 4 is 0 Å². The number of fused-ring (bicyclic) bond motifs is 1. The van der Waals surface area contributed by atoms with Gasteiger partial charge in [-0.2, -0.15) is 0 Å². The topological polar surface area (TPSA) is 40.5 Å². The van der Waals surface area contributed by atoms with Crippen LogP contribution in [-0.4, -0.2) is 22.4 Å². The SMILES string of the molecule is C=C1CC[C@@H]2C(C)(C)[C@H](O)CC[C@@]2(C)[C@@H]1CC[C@@H](C)O. The second kappa shape index (κ2) is 5.46. The first kappa shape index (κ1) is 16.0. The van der Waals surface area contributed by atoms with Crippen LogP contribution >= 0.6 is 0 Å². The summed E-state index contributed by atoms with van der Waals surface area (Å²) in [6.45, 7) is 13.1. The van der Waals surface area contributed by atoms with E-state index in [9.17, 15) is 10.2 Å². The van der Waals surface area contributed by atoms with Crippen LogP contribution in [-0.2, 0) is 0 Å². The maximum atomic E-state index is 10.4. The summed E-state index contributed by atoms with van der Waals surface area (Å²) in [6, 6.07) is 0. The van der Waals surface area contributed by atoms with Crippen LogP contribution in [0.5, 0.6) is 0 Å². The van der Waals surface area contributed by atoms with Gasteiger partial charge in [0.2, 0.25) is 0 Å². The highest BCUT2D eigenvalue weighted by molar-refractivity contribution is 5.16. The zero-order chi connectivity index (χ0) is 15.1. The van der Waals surface area contributed by atoms with E-state index < -0.39 is 0 Å². The smallest absolute Gasteiger partial charge is 0.0594 e. The van der Waals surface area contributed by atoms with Crippen molar-refractivity contribution in [3.63, 3.8) is 0 Å². The zero-order valence-electron chi connectivity index (χ0n) is 13.7. The Kier molecular flexibility index (Phi) is 4.37. The highest BCUT2D eigenvalue weighted by Gasteiger charge is 2.55. The molecule has 20 heavy (non-hydrogen) atoms. The molecule has 2 aliphatic carbocycles. The van der Waals surface area contributed by atoms with Crippen LogP contribution in [0.1, 0.15) is 66.2 Å². The summed E-state index contributed by atoms with van der Waals surface area (Å²) in [5.41, 5.74) is 1.61. The van der Waals surface area contributed by atoms with Gasteiger partial charge >= 0.3 is 0 Å².